The van der Waals surface area contributed by atoms with Crippen molar-refractivity contribution < 1.29 is 4.39 Å². The number of hydrogen-bond acceptors (Lipinski definition) is 1. The van der Waals surface area contributed by atoms with Crippen molar-refractivity contribution in [3.8, 4) is 0 Å². The predicted molar refractivity (Wildman–Crippen MR) is 81.3 cm³/mol. The van der Waals surface area contributed by atoms with Crippen LogP contribution in [0, 0.1) is 11.7 Å². The molecule has 0 saturated heterocycles. The Bertz CT molecular complexity index is 381. The van der Waals surface area contributed by atoms with E-state index in [1.807, 2.05) is 7.05 Å². The number of likely N-dealkylation sites (N-methyl/N-ethyl adjacent to an activating group) is 1. The van der Waals surface area contributed by atoms with Gasteiger partial charge in [0.05, 0.1) is 0 Å². The summed E-state index contributed by atoms with van der Waals surface area (Å²) in [5, 5.41) is 3.95. The Balaban J connectivity index is 2.76. The highest BCUT2D eigenvalue weighted by Crippen LogP contribution is 2.23. The Labute approximate surface area is 121 Å². The highest BCUT2D eigenvalue weighted by molar-refractivity contribution is 6.30. The Morgan fingerprint density at radius 3 is 2.63 bits per heavy atom. The van der Waals surface area contributed by atoms with E-state index in [0.29, 0.717) is 29.0 Å². The van der Waals surface area contributed by atoms with Crippen LogP contribution in [0.15, 0.2) is 18.2 Å². The smallest absolute Gasteiger partial charge is 0.126 e. The molecule has 0 fully saturated rings. The van der Waals surface area contributed by atoms with Gasteiger partial charge in [-0.2, -0.15) is 0 Å². The quantitative estimate of drug-likeness (QED) is 0.722. The van der Waals surface area contributed by atoms with Crippen molar-refractivity contribution in [3.63, 3.8) is 0 Å². The molecular weight excluding hydrogens is 261 g/mol. The lowest BCUT2D eigenvalue weighted by Gasteiger charge is -2.26. The van der Waals surface area contributed by atoms with Crippen LogP contribution in [0.3, 0.4) is 0 Å². The number of unbranched alkanes of at least 4 members (excludes halogenated alkanes) is 1. The highest BCUT2D eigenvalue weighted by atomic mass is 35.5. The fourth-order valence-electron chi connectivity index (χ4n) is 2.60. The van der Waals surface area contributed by atoms with E-state index in [2.05, 4.69) is 19.2 Å². The SMILES string of the molecule is CCCCC(CC)C(Cc1cc(Cl)ccc1F)NC. The molecule has 0 radical (unpaired) electrons. The molecule has 1 N–H and O–H groups in total. The van der Waals surface area contributed by atoms with Crippen molar-refractivity contribution in [1.82, 2.24) is 5.32 Å². The van der Waals surface area contributed by atoms with E-state index in [1.165, 1.54) is 25.3 Å². The van der Waals surface area contributed by atoms with Gasteiger partial charge in [0.15, 0.2) is 0 Å². The van der Waals surface area contributed by atoms with Crippen molar-refractivity contribution in [2.75, 3.05) is 7.05 Å². The van der Waals surface area contributed by atoms with E-state index in [4.69, 9.17) is 11.6 Å². The zero-order valence-electron chi connectivity index (χ0n) is 12.2. The second kappa shape index (κ2) is 8.55. The van der Waals surface area contributed by atoms with Gasteiger partial charge in [-0.25, -0.2) is 4.39 Å². The summed E-state index contributed by atoms with van der Waals surface area (Å²) in [5.74, 6) is 0.429. The molecule has 2 unspecified atom stereocenters. The van der Waals surface area contributed by atoms with Gasteiger partial charge in [0.25, 0.3) is 0 Å². The van der Waals surface area contributed by atoms with Crippen LogP contribution in [0.5, 0.6) is 0 Å². The van der Waals surface area contributed by atoms with Gasteiger partial charge in [-0.05, 0) is 49.6 Å². The predicted octanol–water partition coefficient (Wildman–Crippen LogP) is 4.83. The minimum absolute atomic E-state index is 0.157. The van der Waals surface area contributed by atoms with Crippen LogP contribution in [0.4, 0.5) is 4.39 Å². The molecule has 0 aliphatic carbocycles. The number of hydrogen-bond donors (Lipinski definition) is 1. The standard InChI is InChI=1S/C16H25ClFN/c1-4-6-7-12(5-2)16(19-3)11-13-10-14(17)8-9-15(13)18/h8-10,12,16,19H,4-7,11H2,1-3H3. The number of rotatable bonds is 8. The molecule has 1 nitrogen and oxygen atoms in total. The molecule has 0 spiro atoms. The first-order valence-electron chi connectivity index (χ1n) is 7.23. The maximum absolute atomic E-state index is 13.8. The maximum Gasteiger partial charge on any atom is 0.126 e. The monoisotopic (exact) mass is 285 g/mol. The van der Waals surface area contributed by atoms with E-state index in [9.17, 15) is 4.39 Å². The van der Waals surface area contributed by atoms with Crippen molar-refractivity contribution in [3.05, 3.63) is 34.6 Å². The molecule has 2 atom stereocenters. The van der Waals surface area contributed by atoms with Crippen LogP contribution in [0.1, 0.15) is 45.1 Å². The minimum atomic E-state index is -0.157. The molecule has 0 bridgehead atoms. The molecule has 3 heteroatoms. The largest absolute Gasteiger partial charge is 0.316 e. The molecule has 1 rings (SSSR count). The summed E-state index contributed by atoms with van der Waals surface area (Å²) in [7, 11) is 1.96. The summed E-state index contributed by atoms with van der Waals surface area (Å²) >= 11 is 5.95. The van der Waals surface area contributed by atoms with Gasteiger partial charge in [-0.1, -0.05) is 44.7 Å². The summed E-state index contributed by atoms with van der Waals surface area (Å²) < 4.78 is 13.8. The van der Waals surface area contributed by atoms with Crippen LogP contribution in [0.25, 0.3) is 0 Å². The van der Waals surface area contributed by atoms with Crippen LogP contribution >= 0.6 is 11.6 Å². The molecule has 19 heavy (non-hydrogen) atoms. The lowest BCUT2D eigenvalue weighted by atomic mass is 9.87. The van der Waals surface area contributed by atoms with Crippen molar-refractivity contribution in [2.24, 2.45) is 5.92 Å². The fraction of sp³-hybridized carbons (Fsp3) is 0.625. The Kier molecular flexibility index (Phi) is 7.40. The van der Waals surface area contributed by atoms with E-state index in [1.54, 1.807) is 12.1 Å². The van der Waals surface area contributed by atoms with Gasteiger partial charge >= 0.3 is 0 Å². The third-order valence-corrected chi connectivity index (χ3v) is 4.08. The van der Waals surface area contributed by atoms with E-state index in [0.717, 1.165) is 6.42 Å². The molecule has 0 saturated carbocycles. The van der Waals surface area contributed by atoms with Gasteiger partial charge in [-0.3, -0.25) is 0 Å². The first-order valence-corrected chi connectivity index (χ1v) is 7.61. The molecule has 1 aromatic carbocycles. The van der Waals surface area contributed by atoms with Gasteiger partial charge in [0.2, 0.25) is 0 Å². The molecule has 1 aromatic rings. The summed E-state index contributed by atoms with van der Waals surface area (Å²) in [6.45, 7) is 4.41. The molecule has 0 heterocycles. The second-order valence-corrected chi connectivity index (χ2v) is 5.58. The average molecular weight is 286 g/mol. The number of nitrogens with one attached hydrogen (secondary N) is 1. The topological polar surface area (TPSA) is 12.0 Å². The van der Waals surface area contributed by atoms with Crippen molar-refractivity contribution in [1.29, 1.82) is 0 Å². The maximum atomic E-state index is 13.8. The third kappa shape index (κ3) is 5.12. The third-order valence-electron chi connectivity index (χ3n) is 3.84. The molecule has 0 amide bonds. The van der Waals surface area contributed by atoms with Gasteiger partial charge in [0.1, 0.15) is 5.82 Å². The highest BCUT2D eigenvalue weighted by Gasteiger charge is 2.19. The Morgan fingerprint density at radius 2 is 2.05 bits per heavy atom. The minimum Gasteiger partial charge on any atom is -0.316 e. The van der Waals surface area contributed by atoms with E-state index < -0.39 is 0 Å². The average Bonchev–Trinajstić information content (AvgIpc) is 2.41. The van der Waals surface area contributed by atoms with Crippen LogP contribution in [-0.2, 0) is 6.42 Å². The molecular formula is C16H25ClFN. The van der Waals surface area contributed by atoms with Crippen molar-refractivity contribution in [2.45, 2.75) is 52.0 Å². The lowest BCUT2D eigenvalue weighted by molar-refractivity contribution is 0.328. The normalized spacial score (nSPS) is 14.4. The summed E-state index contributed by atoms with van der Waals surface area (Å²) in [5.41, 5.74) is 0.710. The van der Waals surface area contributed by atoms with Crippen LogP contribution < -0.4 is 5.32 Å². The number of halogens is 2. The molecule has 0 aliphatic heterocycles. The van der Waals surface area contributed by atoms with Crippen LogP contribution in [0.2, 0.25) is 5.02 Å². The molecule has 108 valence electrons. The van der Waals surface area contributed by atoms with Crippen molar-refractivity contribution >= 4 is 11.6 Å². The lowest BCUT2D eigenvalue weighted by Crippen LogP contribution is -2.35. The van der Waals surface area contributed by atoms with Gasteiger partial charge in [-0.15, -0.1) is 0 Å². The first kappa shape index (κ1) is 16.5. The summed E-state index contributed by atoms with van der Waals surface area (Å²) in [4.78, 5) is 0. The fourth-order valence-corrected chi connectivity index (χ4v) is 2.79. The van der Waals surface area contributed by atoms with E-state index in [-0.39, 0.29) is 5.82 Å². The zero-order valence-corrected chi connectivity index (χ0v) is 12.9. The summed E-state index contributed by atoms with van der Waals surface area (Å²) in [6.07, 6.45) is 5.45. The molecule has 0 aromatic heterocycles. The number of benzene rings is 1. The zero-order chi connectivity index (χ0) is 14.3. The van der Waals surface area contributed by atoms with Gasteiger partial charge in [0, 0.05) is 11.1 Å². The second-order valence-electron chi connectivity index (χ2n) is 5.15. The van der Waals surface area contributed by atoms with Gasteiger partial charge < -0.3 is 5.32 Å². The van der Waals surface area contributed by atoms with Crippen LogP contribution in [-0.4, -0.2) is 13.1 Å². The first-order chi connectivity index (χ1) is 9.12. The molecule has 0 aliphatic rings. The Hall–Kier alpha value is -0.600. The Morgan fingerprint density at radius 1 is 1.32 bits per heavy atom. The van der Waals surface area contributed by atoms with E-state index >= 15 is 0 Å². The summed E-state index contributed by atoms with van der Waals surface area (Å²) in [6, 6.07) is 5.11.